The van der Waals surface area contributed by atoms with Crippen LogP contribution < -0.4 is 10.6 Å². The molecular weight excluding hydrogens is 494 g/mol. The van der Waals surface area contributed by atoms with Crippen LogP contribution in [0.4, 0.5) is 11.6 Å². The molecule has 0 aliphatic carbocycles. The Bertz CT molecular complexity index is 1490. The standard InChI is InChI=1S/C30H29N5O2S/c1-4-21-12-16-23(17-13-21)27-26(28(37)32-24-8-6-5-7-9-24)20(3)31-29-33-30(34-35(27)29)38-18-25(36)22-14-10-19(2)11-15-22/h5-17,27H,4,18H2,1-3H3,(H,32,37)(H,31,33,34)/t27-/m1/s1. The van der Waals surface area contributed by atoms with Crippen molar-refractivity contribution >= 4 is 35.1 Å². The van der Waals surface area contributed by atoms with Crippen molar-refractivity contribution < 1.29 is 9.59 Å². The monoisotopic (exact) mass is 523 g/mol. The summed E-state index contributed by atoms with van der Waals surface area (Å²) in [5.74, 6) is 0.555. The maximum absolute atomic E-state index is 13.6. The number of para-hydroxylation sites is 1. The Labute approximate surface area is 226 Å². The summed E-state index contributed by atoms with van der Waals surface area (Å²) < 4.78 is 1.74. The minimum absolute atomic E-state index is 0.0136. The van der Waals surface area contributed by atoms with Crippen LogP contribution in [0.1, 0.15) is 46.9 Å². The third kappa shape index (κ3) is 5.40. The zero-order valence-corrected chi connectivity index (χ0v) is 22.4. The first kappa shape index (κ1) is 25.5. The molecule has 0 unspecified atom stereocenters. The molecule has 1 aromatic heterocycles. The van der Waals surface area contributed by atoms with Crippen LogP contribution >= 0.6 is 11.8 Å². The van der Waals surface area contributed by atoms with E-state index in [1.807, 2.05) is 80.6 Å². The molecule has 1 amide bonds. The van der Waals surface area contributed by atoms with E-state index in [1.165, 1.54) is 17.3 Å². The van der Waals surface area contributed by atoms with Gasteiger partial charge in [-0.2, -0.15) is 4.98 Å². The van der Waals surface area contributed by atoms with Gasteiger partial charge in [0.25, 0.3) is 5.91 Å². The lowest BCUT2D eigenvalue weighted by atomic mass is 9.94. The lowest BCUT2D eigenvalue weighted by Crippen LogP contribution is -2.31. The number of rotatable bonds is 8. The second-order valence-corrected chi connectivity index (χ2v) is 10.2. The Morgan fingerprint density at radius 1 is 0.974 bits per heavy atom. The number of carbonyl (C=O) groups is 2. The fourth-order valence-electron chi connectivity index (χ4n) is 4.40. The fraction of sp³-hybridized carbons (Fsp3) is 0.200. The van der Waals surface area contributed by atoms with Crippen LogP contribution in [-0.2, 0) is 11.2 Å². The van der Waals surface area contributed by atoms with Crippen molar-refractivity contribution in [1.29, 1.82) is 0 Å². The molecule has 5 rings (SSSR count). The summed E-state index contributed by atoms with van der Waals surface area (Å²) in [5, 5.41) is 11.5. The summed E-state index contributed by atoms with van der Waals surface area (Å²) in [6, 6.07) is 24.7. The fourth-order valence-corrected chi connectivity index (χ4v) is 5.13. The van der Waals surface area contributed by atoms with E-state index in [2.05, 4.69) is 34.7 Å². The van der Waals surface area contributed by atoms with Crippen molar-refractivity contribution in [3.05, 3.63) is 112 Å². The molecule has 0 spiro atoms. The van der Waals surface area contributed by atoms with Crippen molar-refractivity contribution in [2.45, 2.75) is 38.4 Å². The molecule has 0 saturated carbocycles. The highest BCUT2D eigenvalue weighted by atomic mass is 32.2. The van der Waals surface area contributed by atoms with Crippen molar-refractivity contribution in [2.24, 2.45) is 0 Å². The second-order valence-electron chi connectivity index (χ2n) is 9.22. The predicted molar refractivity (Wildman–Crippen MR) is 152 cm³/mol. The number of carbonyl (C=O) groups excluding carboxylic acids is 2. The Hall–Kier alpha value is -4.17. The minimum atomic E-state index is -0.476. The lowest BCUT2D eigenvalue weighted by molar-refractivity contribution is -0.113. The molecular formula is C30H29N5O2S. The zero-order valence-electron chi connectivity index (χ0n) is 21.6. The van der Waals surface area contributed by atoms with Gasteiger partial charge in [0.05, 0.1) is 11.3 Å². The molecule has 0 bridgehead atoms. The summed E-state index contributed by atoms with van der Waals surface area (Å²) in [6.07, 6.45) is 0.924. The van der Waals surface area contributed by atoms with Crippen LogP contribution in [0.2, 0.25) is 0 Å². The molecule has 38 heavy (non-hydrogen) atoms. The Morgan fingerprint density at radius 3 is 2.37 bits per heavy atom. The summed E-state index contributed by atoms with van der Waals surface area (Å²) in [5.41, 5.74) is 5.89. The van der Waals surface area contributed by atoms with Gasteiger partial charge in [0, 0.05) is 16.9 Å². The van der Waals surface area contributed by atoms with Crippen molar-refractivity contribution in [3.8, 4) is 0 Å². The second kappa shape index (κ2) is 11.1. The van der Waals surface area contributed by atoms with Gasteiger partial charge in [0.2, 0.25) is 11.1 Å². The molecule has 0 radical (unpaired) electrons. The van der Waals surface area contributed by atoms with Crippen molar-refractivity contribution in [2.75, 3.05) is 16.4 Å². The summed E-state index contributed by atoms with van der Waals surface area (Å²) in [4.78, 5) is 31.0. The molecule has 192 valence electrons. The number of Topliss-reactive ketones (excluding diaryl/α,β-unsaturated/α-hetero) is 1. The number of amides is 1. The number of anilines is 2. The quantitative estimate of drug-likeness (QED) is 0.216. The first-order chi connectivity index (χ1) is 18.4. The van der Waals surface area contributed by atoms with E-state index in [-0.39, 0.29) is 17.4 Å². The normalized spacial score (nSPS) is 14.6. The van der Waals surface area contributed by atoms with Crippen molar-refractivity contribution in [1.82, 2.24) is 14.8 Å². The SMILES string of the molecule is CCc1ccc([C@@H]2C(C(=O)Nc3ccccc3)=C(C)Nc3nc(SCC(=O)c4ccc(C)cc4)nn32)cc1. The number of nitrogens with zero attached hydrogens (tertiary/aromatic N) is 3. The Morgan fingerprint density at radius 2 is 1.68 bits per heavy atom. The van der Waals surface area contributed by atoms with Crippen molar-refractivity contribution in [3.63, 3.8) is 0 Å². The number of hydrogen-bond acceptors (Lipinski definition) is 6. The summed E-state index contributed by atoms with van der Waals surface area (Å²) in [7, 11) is 0. The van der Waals surface area contributed by atoms with E-state index in [4.69, 9.17) is 5.10 Å². The van der Waals surface area contributed by atoms with Gasteiger partial charge in [0.1, 0.15) is 6.04 Å². The van der Waals surface area contributed by atoms with Gasteiger partial charge in [-0.3, -0.25) is 9.59 Å². The number of allylic oxidation sites excluding steroid dienone is 1. The first-order valence-electron chi connectivity index (χ1n) is 12.5. The van der Waals surface area contributed by atoms with Crippen LogP contribution in [0.5, 0.6) is 0 Å². The molecule has 2 heterocycles. The number of nitrogens with one attached hydrogen (secondary N) is 2. The van der Waals surface area contributed by atoms with E-state index in [1.54, 1.807) is 4.68 Å². The zero-order chi connectivity index (χ0) is 26.6. The Balaban J connectivity index is 1.45. The Kier molecular flexibility index (Phi) is 7.42. The van der Waals surface area contributed by atoms with Gasteiger partial charge >= 0.3 is 0 Å². The van der Waals surface area contributed by atoms with Gasteiger partial charge in [-0.1, -0.05) is 91.0 Å². The van der Waals surface area contributed by atoms with E-state index in [0.717, 1.165) is 17.5 Å². The number of aromatic nitrogens is 3. The lowest BCUT2D eigenvalue weighted by Gasteiger charge is -2.28. The molecule has 0 fully saturated rings. The topological polar surface area (TPSA) is 88.9 Å². The highest BCUT2D eigenvalue weighted by molar-refractivity contribution is 7.99. The molecule has 1 atom stereocenters. The number of ketones is 1. The van der Waals surface area contributed by atoms with Gasteiger partial charge in [-0.05, 0) is 43.5 Å². The maximum Gasteiger partial charge on any atom is 0.255 e. The number of hydrogen-bond donors (Lipinski definition) is 2. The third-order valence-electron chi connectivity index (χ3n) is 6.52. The van der Waals surface area contributed by atoms with E-state index in [0.29, 0.717) is 33.6 Å². The summed E-state index contributed by atoms with van der Waals surface area (Å²) in [6.45, 7) is 5.98. The molecule has 4 aromatic rings. The maximum atomic E-state index is 13.6. The van der Waals surface area contributed by atoms with Crippen LogP contribution in [0.15, 0.2) is 95.3 Å². The molecule has 2 N–H and O–H groups in total. The van der Waals surface area contributed by atoms with E-state index < -0.39 is 6.04 Å². The average Bonchev–Trinajstić information content (AvgIpc) is 3.34. The smallest absolute Gasteiger partial charge is 0.255 e. The van der Waals surface area contributed by atoms with Gasteiger partial charge in [-0.15, -0.1) is 5.10 Å². The minimum Gasteiger partial charge on any atom is -0.328 e. The third-order valence-corrected chi connectivity index (χ3v) is 7.36. The number of thioether (sulfide) groups is 1. The van der Waals surface area contributed by atoms with Gasteiger partial charge in [-0.25, -0.2) is 4.68 Å². The molecule has 3 aromatic carbocycles. The van der Waals surface area contributed by atoms with Crippen LogP contribution in [0.3, 0.4) is 0 Å². The van der Waals surface area contributed by atoms with Gasteiger partial charge < -0.3 is 10.6 Å². The van der Waals surface area contributed by atoms with Gasteiger partial charge in [0.15, 0.2) is 5.78 Å². The molecule has 1 aliphatic rings. The molecule has 8 heteroatoms. The summed E-state index contributed by atoms with van der Waals surface area (Å²) >= 11 is 1.29. The first-order valence-corrected chi connectivity index (χ1v) is 13.5. The highest BCUT2D eigenvalue weighted by Crippen LogP contribution is 2.37. The highest BCUT2D eigenvalue weighted by Gasteiger charge is 2.34. The van der Waals surface area contributed by atoms with Crippen LogP contribution in [0, 0.1) is 6.92 Å². The molecule has 1 aliphatic heterocycles. The predicted octanol–water partition coefficient (Wildman–Crippen LogP) is 6.05. The van der Waals surface area contributed by atoms with Crippen LogP contribution in [0.25, 0.3) is 0 Å². The number of fused-ring (bicyclic) bond motifs is 1. The molecule has 7 nitrogen and oxygen atoms in total. The molecule has 0 saturated heterocycles. The van der Waals surface area contributed by atoms with E-state index >= 15 is 0 Å². The van der Waals surface area contributed by atoms with Crippen LogP contribution in [-0.4, -0.2) is 32.2 Å². The number of aryl methyl sites for hydroxylation is 2. The van der Waals surface area contributed by atoms with E-state index in [9.17, 15) is 9.59 Å². The average molecular weight is 524 g/mol. The number of benzene rings is 3. The largest absolute Gasteiger partial charge is 0.328 e.